The van der Waals surface area contributed by atoms with Crippen LogP contribution in [-0.4, -0.2) is 46.6 Å². The second-order valence-electron chi connectivity index (χ2n) is 4.22. The van der Waals surface area contributed by atoms with Crippen LogP contribution in [0.15, 0.2) is 0 Å². The third kappa shape index (κ3) is 3.51. The SMILES string of the molecule is CC(C)CN1C(=O)CCN1CCC(=O)O. The van der Waals surface area contributed by atoms with Gasteiger partial charge in [0.05, 0.1) is 6.42 Å². The number of carboxylic acid groups (broad SMARTS) is 1. The average molecular weight is 214 g/mol. The lowest BCUT2D eigenvalue weighted by atomic mass is 10.2. The number of hydrogen-bond acceptors (Lipinski definition) is 3. The highest BCUT2D eigenvalue weighted by Gasteiger charge is 2.28. The molecule has 1 aliphatic rings. The molecule has 0 spiro atoms. The van der Waals surface area contributed by atoms with Gasteiger partial charge in [-0.2, -0.15) is 0 Å². The Labute approximate surface area is 89.6 Å². The third-order valence-electron chi connectivity index (χ3n) is 2.33. The highest BCUT2D eigenvalue weighted by atomic mass is 16.4. The van der Waals surface area contributed by atoms with Crippen molar-refractivity contribution in [3.8, 4) is 0 Å². The Hall–Kier alpha value is -1.10. The molecule has 0 bridgehead atoms. The molecule has 0 aromatic heterocycles. The average Bonchev–Trinajstić information content (AvgIpc) is 2.44. The minimum Gasteiger partial charge on any atom is -0.481 e. The maximum absolute atomic E-state index is 11.5. The lowest BCUT2D eigenvalue weighted by Crippen LogP contribution is -2.42. The molecule has 15 heavy (non-hydrogen) atoms. The van der Waals surface area contributed by atoms with Crippen LogP contribution >= 0.6 is 0 Å². The first kappa shape index (κ1) is 12.0. The number of rotatable bonds is 5. The zero-order valence-electron chi connectivity index (χ0n) is 9.27. The summed E-state index contributed by atoms with van der Waals surface area (Å²) in [5.74, 6) is -0.313. The van der Waals surface area contributed by atoms with E-state index in [9.17, 15) is 9.59 Å². The minimum absolute atomic E-state index is 0.0852. The van der Waals surface area contributed by atoms with Gasteiger partial charge in [-0.1, -0.05) is 13.8 Å². The van der Waals surface area contributed by atoms with Gasteiger partial charge in [0, 0.05) is 26.1 Å². The van der Waals surface area contributed by atoms with Gasteiger partial charge in [-0.15, -0.1) is 0 Å². The van der Waals surface area contributed by atoms with E-state index in [4.69, 9.17) is 5.11 Å². The maximum atomic E-state index is 11.5. The molecule has 86 valence electrons. The van der Waals surface area contributed by atoms with E-state index in [1.165, 1.54) is 0 Å². The molecule has 5 heteroatoms. The van der Waals surface area contributed by atoms with Crippen LogP contribution < -0.4 is 0 Å². The highest BCUT2D eigenvalue weighted by Crippen LogP contribution is 2.14. The second-order valence-corrected chi connectivity index (χ2v) is 4.22. The Morgan fingerprint density at radius 1 is 1.53 bits per heavy atom. The minimum atomic E-state index is -0.821. The number of nitrogens with zero attached hydrogens (tertiary/aromatic N) is 2. The second kappa shape index (κ2) is 5.11. The first-order valence-corrected chi connectivity index (χ1v) is 5.27. The molecule has 0 aromatic carbocycles. The summed E-state index contributed by atoms with van der Waals surface area (Å²) in [6.45, 7) is 5.84. The number of hydrazine groups is 1. The molecule has 1 heterocycles. The topological polar surface area (TPSA) is 60.9 Å². The summed E-state index contributed by atoms with van der Waals surface area (Å²) >= 11 is 0. The van der Waals surface area contributed by atoms with Gasteiger partial charge in [0.1, 0.15) is 0 Å². The predicted molar refractivity (Wildman–Crippen MR) is 55.0 cm³/mol. The molecule has 0 unspecified atom stereocenters. The molecule has 0 atom stereocenters. The fourth-order valence-electron chi connectivity index (χ4n) is 1.65. The Morgan fingerprint density at radius 3 is 2.73 bits per heavy atom. The third-order valence-corrected chi connectivity index (χ3v) is 2.33. The largest absolute Gasteiger partial charge is 0.481 e. The van der Waals surface area contributed by atoms with Crippen molar-refractivity contribution < 1.29 is 14.7 Å². The fourth-order valence-corrected chi connectivity index (χ4v) is 1.65. The van der Waals surface area contributed by atoms with E-state index in [1.54, 1.807) is 5.01 Å². The van der Waals surface area contributed by atoms with Crippen LogP contribution in [0.4, 0.5) is 0 Å². The number of aliphatic carboxylic acids is 1. The van der Waals surface area contributed by atoms with Crippen molar-refractivity contribution in [1.82, 2.24) is 10.0 Å². The molecular weight excluding hydrogens is 196 g/mol. The van der Waals surface area contributed by atoms with Gasteiger partial charge >= 0.3 is 5.97 Å². The number of amides is 1. The van der Waals surface area contributed by atoms with Gasteiger partial charge in [-0.3, -0.25) is 14.6 Å². The zero-order chi connectivity index (χ0) is 11.4. The first-order valence-electron chi connectivity index (χ1n) is 5.27. The maximum Gasteiger partial charge on any atom is 0.304 e. The van der Waals surface area contributed by atoms with Crippen molar-refractivity contribution in [3.63, 3.8) is 0 Å². The summed E-state index contributed by atoms with van der Waals surface area (Å²) in [5, 5.41) is 12.1. The molecule has 5 nitrogen and oxygen atoms in total. The summed E-state index contributed by atoms with van der Waals surface area (Å²) in [6, 6.07) is 0. The molecule has 0 saturated carbocycles. The highest BCUT2D eigenvalue weighted by molar-refractivity contribution is 5.77. The van der Waals surface area contributed by atoms with Crippen LogP contribution in [0.5, 0.6) is 0 Å². The van der Waals surface area contributed by atoms with Crippen molar-refractivity contribution in [2.75, 3.05) is 19.6 Å². The van der Waals surface area contributed by atoms with Gasteiger partial charge in [-0.05, 0) is 5.92 Å². The standard InChI is InChI=1S/C10H18N2O3/c1-8(2)7-12-9(13)3-5-11(12)6-4-10(14)15/h8H,3-7H2,1-2H3,(H,14,15). The lowest BCUT2D eigenvalue weighted by molar-refractivity contribution is -0.143. The van der Waals surface area contributed by atoms with E-state index in [1.807, 2.05) is 18.9 Å². The number of carbonyl (C=O) groups excluding carboxylic acids is 1. The predicted octanol–water partition coefficient (Wildman–Crippen LogP) is 0.566. The Kier molecular flexibility index (Phi) is 4.08. The van der Waals surface area contributed by atoms with E-state index >= 15 is 0 Å². The Morgan fingerprint density at radius 2 is 2.20 bits per heavy atom. The van der Waals surface area contributed by atoms with Crippen LogP contribution in [0.2, 0.25) is 0 Å². The lowest BCUT2D eigenvalue weighted by Gasteiger charge is -2.28. The molecule has 1 fully saturated rings. The van der Waals surface area contributed by atoms with E-state index in [-0.39, 0.29) is 12.3 Å². The number of carboxylic acids is 1. The summed E-state index contributed by atoms with van der Waals surface area (Å²) in [4.78, 5) is 21.9. The van der Waals surface area contributed by atoms with Crippen molar-refractivity contribution in [2.45, 2.75) is 26.7 Å². The Balaban J connectivity index is 2.48. The smallest absolute Gasteiger partial charge is 0.304 e. The molecule has 1 rings (SSSR count). The molecule has 1 aliphatic heterocycles. The quantitative estimate of drug-likeness (QED) is 0.726. The van der Waals surface area contributed by atoms with Crippen LogP contribution in [-0.2, 0) is 9.59 Å². The first-order chi connectivity index (χ1) is 7.00. The Bertz CT molecular complexity index is 253. The molecule has 1 amide bonds. The van der Waals surface area contributed by atoms with Crippen molar-refractivity contribution in [3.05, 3.63) is 0 Å². The molecule has 0 radical (unpaired) electrons. The number of hydrogen-bond donors (Lipinski definition) is 1. The monoisotopic (exact) mass is 214 g/mol. The van der Waals surface area contributed by atoms with Gasteiger partial charge in [0.2, 0.25) is 5.91 Å². The summed E-state index contributed by atoms with van der Waals surface area (Å²) < 4.78 is 0. The van der Waals surface area contributed by atoms with Crippen LogP contribution in [0.3, 0.4) is 0 Å². The molecule has 1 N–H and O–H groups in total. The summed E-state index contributed by atoms with van der Waals surface area (Å²) in [7, 11) is 0. The fraction of sp³-hybridized carbons (Fsp3) is 0.800. The van der Waals surface area contributed by atoms with E-state index in [0.29, 0.717) is 32.0 Å². The van der Waals surface area contributed by atoms with Crippen LogP contribution in [0.1, 0.15) is 26.7 Å². The number of carbonyl (C=O) groups is 2. The van der Waals surface area contributed by atoms with Gasteiger partial charge < -0.3 is 5.11 Å². The normalized spacial score (nSPS) is 17.8. The van der Waals surface area contributed by atoms with Gasteiger partial charge in [0.15, 0.2) is 0 Å². The molecule has 1 saturated heterocycles. The van der Waals surface area contributed by atoms with Crippen molar-refractivity contribution >= 4 is 11.9 Å². The van der Waals surface area contributed by atoms with Crippen LogP contribution in [0, 0.1) is 5.92 Å². The zero-order valence-corrected chi connectivity index (χ0v) is 9.27. The van der Waals surface area contributed by atoms with E-state index < -0.39 is 5.97 Å². The van der Waals surface area contributed by atoms with Gasteiger partial charge in [-0.25, -0.2) is 5.01 Å². The van der Waals surface area contributed by atoms with Crippen molar-refractivity contribution in [1.29, 1.82) is 0 Å². The van der Waals surface area contributed by atoms with E-state index in [0.717, 1.165) is 0 Å². The summed E-state index contributed by atoms with van der Waals surface area (Å²) in [6.07, 6.45) is 0.591. The van der Waals surface area contributed by atoms with E-state index in [2.05, 4.69) is 0 Å². The van der Waals surface area contributed by atoms with Gasteiger partial charge in [0.25, 0.3) is 0 Å². The molecule has 0 aliphatic carbocycles. The molecular formula is C10H18N2O3. The molecule has 0 aromatic rings. The van der Waals surface area contributed by atoms with Crippen LogP contribution in [0.25, 0.3) is 0 Å². The summed E-state index contributed by atoms with van der Waals surface area (Å²) in [5.41, 5.74) is 0. The van der Waals surface area contributed by atoms with Crippen molar-refractivity contribution in [2.24, 2.45) is 5.92 Å².